The van der Waals surface area contributed by atoms with Gasteiger partial charge >= 0.3 is 11.9 Å². The van der Waals surface area contributed by atoms with Crippen molar-refractivity contribution in [3.63, 3.8) is 0 Å². The van der Waals surface area contributed by atoms with Crippen molar-refractivity contribution in [1.29, 1.82) is 0 Å². The topological polar surface area (TPSA) is 63.6 Å². The second-order valence-electron chi connectivity index (χ2n) is 4.70. The van der Waals surface area contributed by atoms with Gasteiger partial charge in [-0.3, -0.25) is 9.59 Å². The maximum absolute atomic E-state index is 11.8. The Kier molecular flexibility index (Phi) is 6.47. The lowest BCUT2D eigenvalue weighted by Crippen LogP contribution is -2.31. The van der Waals surface area contributed by atoms with Gasteiger partial charge in [0.25, 0.3) is 0 Å². The molecule has 0 saturated heterocycles. The zero-order valence-electron chi connectivity index (χ0n) is 10.9. The van der Waals surface area contributed by atoms with Crippen LogP contribution in [0.15, 0.2) is 12.2 Å². The normalized spacial score (nSPS) is 22.7. The van der Waals surface area contributed by atoms with Crippen LogP contribution in [0.25, 0.3) is 0 Å². The zero-order valence-corrected chi connectivity index (χ0v) is 10.9. The maximum Gasteiger partial charge on any atom is 0.313 e. The summed E-state index contributed by atoms with van der Waals surface area (Å²) in [5, 5.41) is 9.06. The van der Waals surface area contributed by atoms with E-state index in [-0.39, 0.29) is 0 Å². The Labute approximate surface area is 108 Å². The molecule has 4 nitrogen and oxygen atoms in total. The van der Waals surface area contributed by atoms with Crippen LogP contribution in [0, 0.1) is 11.8 Å². The Morgan fingerprint density at radius 1 is 1.33 bits per heavy atom. The number of hydrogen-bond acceptors (Lipinski definition) is 3. The Morgan fingerprint density at radius 3 is 2.78 bits per heavy atom. The standard InChI is InChI=1S/C14H22O4/c1-2-3-4-7-10-18-14(17)12-9-6-5-8-11(12)13(15)16/h6,9,11-12H,2-5,7-8,10H2,1H3,(H,15,16). The number of unbranched alkanes of at least 4 members (excludes halogenated alkanes) is 3. The highest BCUT2D eigenvalue weighted by molar-refractivity contribution is 5.83. The van der Waals surface area contributed by atoms with E-state index >= 15 is 0 Å². The molecule has 0 amide bonds. The first kappa shape index (κ1) is 14.7. The molecule has 4 heteroatoms. The SMILES string of the molecule is CCCCCCOC(=O)C1C=CCCC1C(=O)O. The molecular weight excluding hydrogens is 232 g/mol. The number of ether oxygens (including phenoxy) is 1. The molecule has 0 fully saturated rings. The van der Waals surface area contributed by atoms with Crippen LogP contribution in [0.1, 0.15) is 45.4 Å². The fourth-order valence-corrected chi connectivity index (χ4v) is 2.15. The maximum atomic E-state index is 11.8. The summed E-state index contributed by atoms with van der Waals surface area (Å²) in [6, 6.07) is 0. The van der Waals surface area contributed by atoms with Gasteiger partial charge in [-0.2, -0.15) is 0 Å². The first-order valence-corrected chi connectivity index (χ1v) is 6.73. The number of rotatable bonds is 7. The lowest BCUT2D eigenvalue weighted by molar-refractivity contribution is -0.156. The lowest BCUT2D eigenvalue weighted by Gasteiger charge is -2.22. The number of carbonyl (C=O) groups excluding carboxylic acids is 1. The third-order valence-corrected chi connectivity index (χ3v) is 3.25. The lowest BCUT2D eigenvalue weighted by atomic mass is 9.84. The van der Waals surface area contributed by atoms with Crippen LogP contribution in [-0.2, 0) is 14.3 Å². The van der Waals surface area contributed by atoms with Crippen molar-refractivity contribution < 1.29 is 19.4 Å². The summed E-state index contributed by atoms with van der Waals surface area (Å²) in [6.07, 6.45) is 8.96. The van der Waals surface area contributed by atoms with Gasteiger partial charge in [0, 0.05) is 0 Å². The summed E-state index contributed by atoms with van der Waals surface area (Å²) >= 11 is 0. The van der Waals surface area contributed by atoms with Crippen LogP contribution in [0.5, 0.6) is 0 Å². The molecule has 0 aromatic rings. The monoisotopic (exact) mass is 254 g/mol. The Hall–Kier alpha value is -1.32. The van der Waals surface area contributed by atoms with Crippen molar-refractivity contribution in [1.82, 2.24) is 0 Å². The van der Waals surface area contributed by atoms with E-state index in [0.29, 0.717) is 13.0 Å². The molecular formula is C14H22O4. The van der Waals surface area contributed by atoms with Crippen molar-refractivity contribution in [3.05, 3.63) is 12.2 Å². The van der Waals surface area contributed by atoms with Gasteiger partial charge in [-0.15, -0.1) is 0 Å². The van der Waals surface area contributed by atoms with E-state index < -0.39 is 23.8 Å². The van der Waals surface area contributed by atoms with Crippen LogP contribution in [0.2, 0.25) is 0 Å². The molecule has 1 rings (SSSR count). The van der Waals surface area contributed by atoms with Gasteiger partial charge in [-0.05, 0) is 19.3 Å². The molecule has 1 aliphatic carbocycles. The highest BCUT2D eigenvalue weighted by Crippen LogP contribution is 2.26. The molecule has 2 atom stereocenters. The van der Waals surface area contributed by atoms with Crippen LogP contribution in [0.3, 0.4) is 0 Å². The summed E-state index contributed by atoms with van der Waals surface area (Å²) in [7, 11) is 0. The minimum atomic E-state index is -0.910. The molecule has 102 valence electrons. The molecule has 2 unspecified atom stereocenters. The van der Waals surface area contributed by atoms with Gasteiger partial charge in [0.15, 0.2) is 0 Å². The second-order valence-corrected chi connectivity index (χ2v) is 4.70. The molecule has 0 heterocycles. The fraction of sp³-hybridized carbons (Fsp3) is 0.714. The quantitative estimate of drug-likeness (QED) is 0.431. The highest BCUT2D eigenvalue weighted by atomic mass is 16.5. The van der Waals surface area contributed by atoms with Crippen molar-refractivity contribution in [2.45, 2.75) is 45.4 Å². The Bertz CT molecular complexity index is 309. The van der Waals surface area contributed by atoms with Gasteiger partial charge in [-0.1, -0.05) is 38.3 Å². The molecule has 18 heavy (non-hydrogen) atoms. The number of carboxylic acids is 1. The fourth-order valence-electron chi connectivity index (χ4n) is 2.15. The Balaban J connectivity index is 2.37. The summed E-state index contributed by atoms with van der Waals surface area (Å²) in [5.41, 5.74) is 0. The molecule has 1 aliphatic rings. The molecule has 0 saturated carbocycles. The predicted octanol–water partition coefficient (Wildman–Crippen LogP) is 2.78. The second kappa shape index (κ2) is 7.90. The van der Waals surface area contributed by atoms with Crippen molar-refractivity contribution in [2.75, 3.05) is 6.61 Å². The van der Waals surface area contributed by atoms with Crippen LogP contribution in [-0.4, -0.2) is 23.7 Å². The molecule has 0 aromatic carbocycles. The summed E-state index contributed by atoms with van der Waals surface area (Å²) in [4.78, 5) is 22.9. The third kappa shape index (κ3) is 4.51. The van der Waals surface area contributed by atoms with Gasteiger partial charge in [0.05, 0.1) is 18.4 Å². The van der Waals surface area contributed by atoms with E-state index in [1.165, 1.54) is 0 Å². The Morgan fingerprint density at radius 2 is 2.11 bits per heavy atom. The number of allylic oxidation sites excluding steroid dienone is 1. The van der Waals surface area contributed by atoms with E-state index in [2.05, 4.69) is 6.92 Å². The first-order valence-electron chi connectivity index (χ1n) is 6.73. The zero-order chi connectivity index (χ0) is 13.4. The van der Waals surface area contributed by atoms with Crippen LogP contribution >= 0.6 is 0 Å². The van der Waals surface area contributed by atoms with E-state index in [1.807, 2.05) is 6.08 Å². The van der Waals surface area contributed by atoms with Gasteiger partial charge in [-0.25, -0.2) is 0 Å². The predicted molar refractivity (Wildman–Crippen MR) is 68.1 cm³/mol. The van der Waals surface area contributed by atoms with E-state index in [4.69, 9.17) is 9.84 Å². The molecule has 0 aromatic heterocycles. The smallest absolute Gasteiger partial charge is 0.313 e. The van der Waals surface area contributed by atoms with Crippen molar-refractivity contribution in [3.8, 4) is 0 Å². The van der Waals surface area contributed by atoms with Crippen molar-refractivity contribution >= 4 is 11.9 Å². The summed E-state index contributed by atoms with van der Waals surface area (Å²) in [5.74, 6) is -2.54. The van der Waals surface area contributed by atoms with Crippen LogP contribution < -0.4 is 0 Å². The third-order valence-electron chi connectivity index (χ3n) is 3.25. The van der Waals surface area contributed by atoms with Gasteiger partial charge in [0.2, 0.25) is 0 Å². The number of carbonyl (C=O) groups is 2. The average Bonchev–Trinajstić information content (AvgIpc) is 2.38. The number of carboxylic acid groups (broad SMARTS) is 1. The van der Waals surface area contributed by atoms with Gasteiger partial charge < -0.3 is 9.84 Å². The average molecular weight is 254 g/mol. The van der Waals surface area contributed by atoms with Crippen molar-refractivity contribution in [2.24, 2.45) is 11.8 Å². The van der Waals surface area contributed by atoms with E-state index in [0.717, 1.165) is 32.1 Å². The highest BCUT2D eigenvalue weighted by Gasteiger charge is 2.34. The summed E-state index contributed by atoms with van der Waals surface area (Å²) in [6.45, 7) is 2.52. The number of esters is 1. The number of hydrogen-bond donors (Lipinski definition) is 1. The largest absolute Gasteiger partial charge is 0.481 e. The van der Waals surface area contributed by atoms with E-state index in [9.17, 15) is 9.59 Å². The molecule has 0 bridgehead atoms. The first-order chi connectivity index (χ1) is 8.66. The summed E-state index contributed by atoms with van der Waals surface area (Å²) < 4.78 is 5.15. The minimum absolute atomic E-state index is 0.394. The van der Waals surface area contributed by atoms with Gasteiger partial charge in [0.1, 0.15) is 0 Å². The molecule has 0 radical (unpaired) electrons. The minimum Gasteiger partial charge on any atom is -0.481 e. The van der Waals surface area contributed by atoms with E-state index in [1.54, 1.807) is 6.08 Å². The number of aliphatic carboxylic acids is 1. The molecule has 0 aliphatic heterocycles. The molecule has 0 spiro atoms. The van der Waals surface area contributed by atoms with Crippen LogP contribution in [0.4, 0.5) is 0 Å². The molecule has 1 N–H and O–H groups in total.